The van der Waals surface area contributed by atoms with Crippen LogP contribution in [0.4, 0.5) is 0 Å². The van der Waals surface area contributed by atoms with Crippen LogP contribution in [0.2, 0.25) is 0 Å². The normalized spacial score (nSPS) is 11.9. The number of hydrogen-bond donors (Lipinski definition) is 1. The molecule has 0 fully saturated rings. The monoisotopic (exact) mass is 375 g/mol. The number of ether oxygens (including phenoxy) is 1. The van der Waals surface area contributed by atoms with Crippen LogP contribution in [0.3, 0.4) is 0 Å². The molecule has 0 aliphatic heterocycles. The lowest BCUT2D eigenvalue weighted by Gasteiger charge is -2.15. The van der Waals surface area contributed by atoms with Gasteiger partial charge in [-0.2, -0.15) is 5.10 Å². The fraction of sp³-hybridized carbons (Fsp3) is 0.100. The predicted molar refractivity (Wildman–Crippen MR) is 104 cm³/mol. The molecular formula is C20H17N5O3. The molecule has 28 heavy (non-hydrogen) atoms. The first-order valence-corrected chi connectivity index (χ1v) is 8.67. The van der Waals surface area contributed by atoms with Gasteiger partial charge < -0.3 is 4.74 Å². The van der Waals surface area contributed by atoms with Crippen molar-refractivity contribution in [2.45, 2.75) is 13.0 Å². The van der Waals surface area contributed by atoms with Gasteiger partial charge in [0.25, 0.3) is 11.5 Å². The van der Waals surface area contributed by atoms with Gasteiger partial charge in [-0.15, -0.1) is 0 Å². The number of aromatic nitrogens is 4. The van der Waals surface area contributed by atoms with E-state index in [9.17, 15) is 9.59 Å². The first-order valence-electron chi connectivity index (χ1n) is 8.67. The van der Waals surface area contributed by atoms with E-state index in [1.165, 1.54) is 12.5 Å². The first kappa shape index (κ1) is 17.5. The lowest BCUT2D eigenvalue weighted by molar-refractivity contribution is -0.123. The average Bonchev–Trinajstić information content (AvgIpc) is 3.16. The molecule has 0 radical (unpaired) electrons. The topological polar surface area (TPSA) is 91.0 Å². The van der Waals surface area contributed by atoms with Crippen LogP contribution in [0, 0.1) is 0 Å². The summed E-state index contributed by atoms with van der Waals surface area (Å²) in [6.07, 6.45) is 1.90. The van der Waals surface area contributed by atoms with E-state index in [-0.39, 0.29) is 0 Å². The molecule has 140 valence electrons. The number of carbonyl (C=O) groups excluding carboxylic acids is 1. The van der Waals surface area contributed by atoms with Crippen LogP contribution in [0.15, 0.2) is 78.0 Å². The summed E-state index contributed by atoms with van der Waals surface area (Å²) in [5, 5.41) is 4.54. The highest BCUT2D eigenvalue weighted by molar-refractivity contribution is 5.88. The molecule has 1 N–H and O–H groups in total. The van der Waals surface area contributed by atoms with Crippen LogP contribution in [0.1, 0.15) is 6.92 Å². The molecule has 1 atom stereocenters. The lowest BCUT2D eigenvalue weighted by Crippen LogP contribution is -2.39. The molecule has 8 heteroatoms. The maximum Gasteiger partial charge on any atom is 0.283 e. The molecule has 0 bridgehead atoms. The van der Waals surface area contributed by atoms with E-state index in [1.807, 2.05) is 48.5 Å². The molecule has 0 saturated heterocycles. The number of fused-ring (bicyclic) bond motifs is 1. The van der Waals surface area contributed by atoms with Crippen LogP contribution in [0.25, 0.3) is 16.7 Å². The van der Waals surface area contributed by atoms with Gasteiger partial charge in [0.05, 0.1) is 11.9 Å². The summed E-state index contributed by atoms with van der Waals surface area (Å²) in [5.74, 6) is 0.0952. The van der Waals surface area contributed by atoms with E-state index < -0.39 is 17.6 Å². The molecular weight excluding hydrogens is 358 g/mol. The van der Waals surface area contributed by atoms with E-state index in [0.29, 0.717) is 16.8 Å². The fourth-order valence-corrected chi connectivity index (χ4v) is 2.72. The maximum atomic E-state index is 12.7. The Balaban J connectivity index is 1.57. The Morgan fingerprint density at radius 2 is 1.75 bits per heavy atom. The Morgan fingerprint density at radius 1 is 1.07 bits per heavy atom. The third kappa shape index (κ3) is 3.35. The van der Waals surface area contributed by atoms with Gasteiger partial charge in [0, 0.05) is 0 Å². The average molecular weight is 375 g/mol. The standard InChI is InChI=1S/C20H17N5O3/c1-14(28-16-10-6-3-7-11-16)19(26)23-24-13-21-18-17(20(24)27)12-22-25(18)15-8-4-2-5-9-15/h2-14H,1H3,(H,23,26)/t14-/m1/s1. The molecule has 0 aliphatic carbocycles. The number of para-hydroxylation sites is 2. The molecule has 0 spiro atoms. The van der Waals surface area contributed by atoms with Gasteiger partial charge in [-0.1, -0.05) is 36.4 Å². The second kappa shape index (κ2) is 7.36. The molecule has 1 amide bonds. The molecule has 2 aromatic heterocycles. The van der Waals surface area contributed by atoms with Crippen LogP contribution in [0.5, 0.6) is 5.75 Å². The SMILES string of the molecule is C[C@@H](Oc1ccccc1)C(=O)Nn1cnc2c(cnn2-c2ccccc2)c1=O. The highest BCUT2D eigenvalue weighted by Gasteiger charge is 2.17. The van der Waals surface area contributed by atoms with Gasteiger partial charge in [-0.25, -0.2) is 14.3 Å². The van der Waals surface area contributed by atoms with Crippen LogP contribution in [-0.4, -0.2) is 31.5 Å². The number of rotatable bonds is 5. The third-order valence-corrected chi connectivity index (χ3v) is 4.15. The molecule has 2 heterocycles. The van der Waals surface area contributed by atoms with Crippen molar-refractivity contribution in [1.82, 2.24) is 19.4 Å². The maximum absolute atomic E-state index is 12.7. The minimum absolute atomic E-state index is 0.295. The van der Waals surface area contributed by atoms with Crippen LogP contribution < -0.4 is 15.7 Å². The van der Waals surface area contributed by atoms with E-state index in [4.69, 9.17) is 4.74 Å². The number of amides is 1. The molecule has 0 aliphatic rings. The molecule has 0 unspecified atom stereocenters. The molecule has 8 nitrogen and oxygen atoms in total. The number of nitrogens with zero attached hydrogens (tertiary/aromatic N) is 4. The molecule has 4 aromatic rings. The van der Waals surface area contributed by atoms with E-state index in [1.54, 1.807) is 23.7 Å². The molecule has 2 aromatic carbocycles. The summed E-state index contributed by atoms with van der Waals surface area (Å²) in [6, 6.07) is 18.4. The Hall–Kier alpha value is -3.94. The number of benzene rings is 2. The second-order valence-corrected chi connectivity index (χ2v) is 6.10. The van der Waals surface area contributed by atoms with Crippen LogP contribution >= 0.6 is 0 Å². The number of hydrogen-bond acceptors (Lipinski definition) is 5. The highest BCUT2D eigenvalue weighted by atomic mass is 16.5. The molecule has 0 saturated carbocycles. The van der Waals surface area contributed by atoms with Gasteiger partial charge in [0.15, 0.2) is 11.8 Å². The van der Waals surface area contributed by atoms with Gasteiger partial charge in [0.1, 0.15) is 17.5 Å². The van der Waals surface area contributed by atoms with Crippen molar-refractivity contribution in [3.8, 4) is 11.4 Å². The smallest absolute Gasteiger partial charge is 0.283 e. The zero-order valence-electron chi connectivity index (χ0n) is 15.0. The van der Waals surface area contributed by atoms with Crippen molar-refractivity contribution in [3.63, 3.8) is 0 Å². The molecule has 4 rings (SSSR count). The van der Waals surface area contributed by atoms with Gasteiger partial charge >= 0.3 is 0 Å². The zero-order valence-corrected chi connectivity index (χ0v) is 15.0. The summed E-state index contributed by atoms with van der Waals surface area (Å²) >= 11 is 0. The summed E-state index contributed by atoms with van der Waals surface area (Å²) in [4.78, 5) is 29.4. The zero-order chi connectivity index (χ0) is 19.5. The Morgan fingerprint density at radius 3 is 2.46 bits per heavy atom. The second-order valence-electron chi connectivity index (χ2n) is 6.10. The van der Waals surface area contributed by atoms with Crippen molar-refractivity contribution < 1.29 is 9.53 Å². The Bertz CT molecular complexity index is 1170. The summed E-state index contributed by atoms with van der Waals surface area (Å²) < 4.78 is 8.18. The third-order valence-electron chi connectivity index (χ3n) is 4.15. The summed E-state index contributed by atoms with van der Waals surface area (Å²) in [5.41, 5.74) is 3.29. The Labute approximate surface area is 160 Å². The Kier molecular flexibility index (Phi) is 4.59. The first-order chi connectivity index (χ1) is 13.6. The van der Waals surface area contributed by atoms with Crippen LogP contribution in [-0.2, 0) is 4.79 Å². The highest BCUT2D eigenvalue weighted by Crippen LogP contribution is 2.13. The summed E-state index contributed by atoms with van der Waals surface area (Å²) in [7, 11) is 0. The largest absolute Gasteiger partial charge is 0.481 e. The lowest BCUT2D eigenvalue weighted by atomic mass is 10.3. The van der Waals surface area contributed by atoms with Crippen molar-refractivity contribution >= 4 is 16.9 Å². The van der Waals surface area contributed by atoms with Crippen molar-refractivity contribution in [1.29, 1.82) is 0 Å². The fourth-order valence-electron chi connectivity index (χ4n) is 2.72. The van der Waals surface area contributed by atoms with E-state index >= 15 is 0 Å². The minimum atomic E-state index is -0.794. The van der Waals surface area contributed by atoms with Gasteiger partial charge in [0.2, 0.25) is 0 Å². The minimum Gasteiger partial charge on any atom is -0.481 e. The van der Waals surface area contributed by atoms with E-state index in [2.05, 4.69) is 15.5 Å². The predicted octanol–water partition coefficient (Wildman–Crippen LogP) is 2.12. The van der Waals surface area contributed by atoms with Crippen molar-refractivity contribution in [3.05, 3.63) is 83.5 Å². The number of nitrogens with one attached hydrogen (secondary N) is 1. The van der Waals surface area contributed by atoms with Crippen molar-refractivity contribution in [2.75, 3.05) is 5.43 Å². The van der Waals surface area contributed by atoms with E-state index in [0.717, 1.165) is 10.4 Å². The quantitative estimate of drug-likeness (QED) is 0.577. The van der Waals surface area contributed by atoms with Gasteiger partial charge in [-0.3, -0.25) is 15.0 Å². The summed E-state index contributed by atoms with van der Waals surface area (Å²) in [6.45, 7) is 1.60. The number of carbonyl (C=O) groups is 1. The van der Waals surface area contributed by atoms with Gasteiger partial charge in [-0.05, 0) is 31.2 Å². The van der Waals surface area contributed by atoms with Crippen molar-refractivity contribution in [2.24, 2.45) is 0 Å².